The molecule has 0 aromatic rings. The summed E-state index contributed by atoms with van der Waals surface area (Å²) in [4.78, 5) is 0. The van der Waals surface area contributed by atoms with Gasteiger partial charge >= 0.3 is 8.03 Å². The van der Waals surface area contributed by atoms with Gasteiger partial charge in [-0.25, -0.2) is 0 Å². The fourth-order valence-electron chi connectivity index (χ4n) is 0.443. The minimum Gasteiger partial charge on any atom is -0.387 e. The maximum absolute atomic E-state index is 10.7. The Labute approximate surface area is 61.2 Å². The molecule has 2 atom stereocenters. The van der Waals surface area contributed by atoms with Crippen LogP contribution in [0.4, 0.5) is 0 Å². The molecule has 5 heteroatoms. The van der Waals surface area contributed by atoms with Crippen LogP contribution in [0.15, 0.2) is 0 Å². The molecule has 0 saturated carbocycles. The third kappa shape index (κ3) is 4.82. The van der Waals surface area contributed by atoms with Crippen LogP contribution in [0.1, 0.15) is 6.92 Å². The Hall–Kier alpha value is -0.0200. The van der Waals surface area contributed by atoms with Crippen molar-refractivity contribution in [2.75, 3.05) is 19.3 Å². The number of aliphatic hydroxyl groups excluding tert-OH is 1. The van der Waals surface area contributed by atoms with E-state index in [2.05, 4.69) is 0 Å². The van der Waals surface area contributed by atoms with Crippen LogP contribution in [-0.4, -0.2) is 30.5 Å². The Morgan fingerprint density at radius 3 is 2.80 bits per heavy atom. The van der Waals surface area contributed by atoms with Gasteiger partial charge in [0.2, 0.25) is 6.16 Å². The molecule has 2 unspecified atom stereocenters. The van der Waals surface area contributed by atoms with Crippen molar-refractivity contribution in [1.29, 1.82) is 0 Å². The maximum atomic E-state index is 10.7. The number of hydrogen-bond donors (Lipinski definition) is 2. The first kappa shape index (κ1) is 9.98. The van der Waals surface area contributed by atoms with Crippen LogP contribution in [0.25, 0.3) is 0 Å². The van der Waals surface area contributed by atoms with E-state index in [1.807, 2.05) is 0 Å². The first-order valence-electron chi connectivity index (χ1n) is 3.16. The highest BCUT2D eigenvalue weighted by Gasteiger charge is 2.21. The first-order valence-corrected chi connectivity index (χ1v) is 4.52. The smallest absolute Gasteiger partial charge is 0.387 e. The van der Waals surface area contributed by atoms with E-state index in [4.69, 9.17) is 15.4 Å². The van der Waals surface area contributed by atoms with Gasteiger partial charge in [-0.3, -0.25) is 0 Å². The van der Waals surface area contributed by atoms with Crippen molar-refractivity contribution >= 4 is 8.03 Å². The summed E-state index contributed by atoms with van der Waals surface area (Å²) in [5, 5.41) is 8.87. The summed E-state index contributed by atoms with van der Waals surface area (Å²) < 4.78 is 15.4. The molecule has 0 amide bonds. The van der Waals surface area contributed by atoms with Crippen LogP contribution in [-0.2, 0) is 9.09 Å². The molecule has 0 spiro atoms. The average molecular weight is 166 g/mol. The monoisotopic (exact) mass is 166 g/mol. The molecule has 0 aromatic carbocycles. The van der Waals surface area contributed by atoms with Gasteiger partial charge in [0, 0.05) is 6.54 Å². The summed E-state index contributed by atoms with van der Waals surface area (Å²) in [6.07, 6.45) is -0.560. The topological polar surface area (TPSA) is 72.5 Å². The van der Waals surface area contributed by atoms with E-state index < -0.39 is 14.1 Å². The molecule has 0 aliphatic rings. The largest absolute Gasteiger partial charge is 0.510 e. The van der Waals surface area contributed by atoms with Gasteiger partial charge in [0.1, 0.15) is 6.10 Å². The molecular formula is C5H13NO3P+. The molecule has 0 heterocycles. The predicted octanol–water partition coefficient (Wildman–Crippen LogP) is 0.0849. The zero-order valence-corrected chi connectivity index (χ0v) is 6.88. The molecule has 0 saturated heterocycles. The molecule has 10 heavy (non-hydrogen) atoms. The Bertz CT molecular complexity index is 109. The number of nitrogens with two attached hydrogens (primary N) is 1. The first-order chi connectivity index (χ1) is 4.70. The normalized spacial score (nSPS) is 14.9. The fourth-order valence-corrected chi connectivity index (χ4v) is 1.33. The van der Waals surface area contributed by atoms with Gasteiger partial charge in [0.25, 0.3) is 0 Å². The summed E-state index contributed by atoms with van der Waals surface area (Å²) >= 11 is 0. The minimum atomic E-state index is -1.71. The zero-order chi connectivity index (χ0) is 7.98. The van der Waals surface area contributed by atoms with Crippen molar-refractivity contribution in [3.8, 4) is 0 Å². The van der Waals surface area contributed by atoms with Crippen molar-refractivity contribution in [2.24, 2.45) is 5.73 Å². The lowest BCUT2D eigenvalue weighted by Crippen LogP contribution is -2.22. The Kier molecular flexibility index (Phi) is 5.73. The highest BCUT2D eigenvalue weighted by Crippen LogP contribution is 2.21. The van der Waals surface area contributed by atoms with Gasteiger partial charge in [-0.2, -0.15) is 0 Å². The van der Waals surface area contributed by atoms with Gasteiger partial charge < -0.3 is 10.8 Å². The van der Waals surface area contributed by atoms with Gasteiger partial charge in [-0.15, -0.1) is 4.52 Å². The van der Waals surface area contributed by atoms with E-state index in [9.17, 15) is 4.57 Å². The van der Waals surface area contributed by atoms with E-state index in [0.29, 0.717) is 6.61 Å². The third-order valence-electron chi connectivity index (χ3n) is 0.905. The molecule has 0 fully saturated rings. The van der Waals surface area contributed by atoms with Crippen molar-refractivity contribution in [3.05, 3.63) is 0 Å². The predicted molar refractivity (Wildman–Crippen MR) is 39.2 cm³/mol. The molecule has 0 aliphatic carbocycles. The lowest BCUT2D eigenvalue weighted by atomic mass is 10.4. The molecule has 0 radical (unpaired) electrons. The van der Waals surface area contributed by atoms with Crippen molar-refractivity contribution < 1.29 is 14.2 Å². The Morgan fingerprint density at radius 2 is 2.40 bits per heavy atom. The third-order valence-corrected chi connectivity index (χ3v) is 2.17. The molecule has 0 bridgehead atoms. The Morgan fingerprint density at radius 1 is 1.80 bits per heavy atom. The summed E-state index contributed by atoms with van der Waals surface area (Å²) in [6.45, 7) is 2.29. The van der Waals surface area contributed by atoms with Crippen LogP contribution in [0, 0.1) is 0 Å². The summed E-state index contributed by atoms with van der Waals surface area (Å²) in [5.74, 6) is 0. The number of rotatable bonds is 5. The number of hydrogen-bond acceptors (Lipinski definition) is 4. The van der Waals surface area contributed by atoms with Gasteiger partial charge in [-0.05, 0) is 11.5 Å². The van der Waals surface area contributed by atoms with Crippen molar-refractivity contribution in [3.63, 3.8) is 0 Å². The highest BCUT2D eigenvalue weighted by molar-refractivity contribution is 7.39. The van der Waals surface area contributed by atoms with Crippen molar-refractivity contribution in [1.82, 2.24) is 0 Å². The number of aliphatic hydroxyl groups is 1. The Balaban J connectivity index is 3.37. The van der Waals surface area contributed by atoms with Crippen molar-refractivity contribution in [2.45, 2.75) is 13.0 Å². The summed E-state index contributed by atoms with van der Waals surface area (Å²) in [7, 11) is -1.71. The molecule has 4 nitrogen and oxygen atoms in total. The van der Waals surface area contributed by atoms with Gasteiger partial charge in [-0.1, -0.05) is 0 Å². The molecule has 0 rings (SSSR count). The van der Waals surface area contributed by atoms with E-state index in [-0.39, 0.29) is 12.7 Å². The van der Waals surface area contributed by atoms with Gasteiger partial charge in [0.15, 0.2) is 0 Å². The lowest BCUT2D eigenvalue weighted by Gasteiger charge is -1.96. The average Bonchev–Trinajstić information content (AvgIpc) is 1.88. The van der Waals surface area contributed by atoms with E-state index >= 15 is 0 Å². The molecular weight excluding hydrogens is 153 g/mol. The zero-order valence-electron chi connectivity index (χ0n) is 5.99. The molecule has 60 valence electrons. The second-order valence-corrected chi connectivity index (χ2v) is 3.11. The minimum absolute atomic E-state index is 0.133. The van der Waals surface area contributed by atoms with Crippen LogP contribution >= 0.6 is 8.03 Å². The molecule has 0 aliphatic heterocycles. The van der Waals surface area contributed by atoms with E-state index in [1.165, 1.54) is 0 Å². The van der Waals surface area contributed by atoms with Gasteiger partial charge in [0.05, 0.1) is 6.61 Å². The van der Waals surface area contributed by atoms with E-state index in [0.717, 1.165) is 0 Å². The molecule has 0 aromatic heterocycles. The molecule has 3 N–H and O–H groups in total. The van der Waals surface area contributed by atoms with Crippen LogP contribution < -0.4 is 5.73 Å². The second kappa shape index (κ2) is 5.74. The van der Waals surface area contributed by atoms with Crippen LogP contribution in [0.2, 0.25) is 0 Å². The standard InChI is InChI=1S/C5H13NO3P/c1-2-9-10(8)4-5(7)3-6/h5,7H,2-4,6H2,1H3/q+1. The maximum Gasteiger partial charge on any atom is 0.510 e. The summed E-state index contributed by atoms with van der Waals surface area (Å²) in [5.41, 5.74) is 5.08. The van der Waals surface area contributed by atoms with E-state index in [1.54, 1.807) is 6.92 Å². The fraction of sp³-hybridized carbons (Fsp3) is 1.00. The van der Waals surface area contributed by atoms with Crippen LogP contribution in [0.5, 0.6) is 0 Å². The quantitative estimate of drug-likeness (QED) is 0.567. The van der Waals surface area contributed by atoms with Crippen LogP contribution in [0.3, 0.4) is 0 Å². The highest BCUT2D eigenvalue weighted by atomic mass is 31.1. The SMILES string of the molecule is CCO[P+](=O)CC(O)CN. The lowest BCUT2D eigenvalue weighted by molar-refractivity contribution is 0.201. The summed E-state index contributed by atoms with van der Waals surface area (Å²) in [6, 6.07) is 0. The second-order valence-electron chi connectivity index (χ2n) is 1.82.